The Morgan fingerprint density at radius 3 is 2.69 bits per heavy atom. The monoisotopic (exact) mass is 182 g/mol. The van der Waals surface area contributed by atoms with Gasteiger partial charge in [-0.3, -0.25) is 4.89 Å². The highest BCUT2D eigenvalue weighted by atomic mass is 17.1. The minimum absolute atomic E-state index is 0.0741. The van der Waals surface area contributed by atoms with Crippen LogP contribution in [0.5, 0.6) is 0 Å². The van der Waals surface area contributed by atoms with Crippen molar-refractivity contribution in [3.05, 3.63) is 34.9 Å². The van der Waals surface area contributed by atoms with E-state index in [9.17, 15) is 4.79 Å². The topological polar surface area (TPSA) is 66.8 Å². The Morgan fingerprint density at radius 1 is 1.54 bits per heavy atom. The van der Waals surface area contributed by atoms with Gasteiger partial charge < -0.3 is 5.11 Å². The molecule has 4 heteroatoms. The van der Waals surface area contributed by atoms with E-state index < -0.39 is 5.97 Å². The molecule has 1 rings (SSSR count). The fraction of sp³-hybridized carbons (Fsp3) is 0.222. The first-order chi connectivity index (χ1) is 6.19. The standard InChI is InChI=1S/C9H10O4/c1-6-4-7(5-10)2-3-8(6)9(11)13-12/h2-4,10,12H,5H2,1H3. The van der Waals surface area contributed by atoms with Gasteiger partial charge in [0.2, 0.25) is 0 Å². The number of aryl methyl sites for hydroxylation is 1. The molecule has 0 aromatic heterocycles. The van der Waals surface area contributed by atoms with E-state index in [1.165, 1.54) is 6.07 Å². The van der Waals surface area contributed by atoms with E-state index >= 15 is 0 Å². The van der Waals surface area contributed by atoms with E-state index in [0.29, 0.717) is 16.7 Å². The summed E-state index contributed by atoms with van der Waals surface area (Å²) < 4.78 is 0. The van der Waals surface area contributed by atoms with Crippen LogP contribution < -0.4 is 0 Å². The van der Waals surface area contributed by atoms with Gasteiger partial charge in [-0.05, 0) is 24.1 Å². The minimum atomic E-state index is -0.790. The van der Waals surface area contributed by atoms with Crippen molar-refractivity contribution in [2.45, 2.75) is 13.5 Å². The lowest BCUT2D eigenvalue weighted by atomic mass is 10.1. The van der Waals surface area contributed by atoms with Crippen LogP contribution in [0.25, 0.3) is 0 Å². The lowest BCUT2D eigenvalue weighted by Gasteiger charge is -2.03. The predicted octanol–water partition coefficient (Wildman–Crippen LogP) is 1.12. The van der Waals surface area contributed by atoms with Gasteiger partial charge in [0.25, 0.3) is 0 Å². The van der Waals surface area contributed by atoms with Crippen LogP contribution in [0.15, 0.2) is 18.2 Å². The third kappa shape index (κ3) is 2.05. The zero-order valence-corrected chi connectivity index (χ0v) is 7.15. The van der Waals surface area contributed by atoms with Gasteiger partial charge in [-0.15, -0.1) is 0 Å². The van der Waals surface area contributed by atoms with E-state index in [1.807, 2.05) is 0 Å². The molecule has 0 unspecified atom stereocenters. The van der Waals surface area contributed by atoms with Gasteiger partial charge in [-0.1, -0.05) is 12.1 Å². The summed E-state index contributed by atoms with van der Waals surface area (Å²) in [7, 11) is 0. The molecule has 0 radical (unpaired) electrons. The van der Waals surface area contributed by atoms with E-state index in [4.69, 9.17) is 10.4 Å². The maximum Gasteiger partial charge on any atom is 0.373 e. The first-order valence-electron chi connectivity index (χ1n) is 3.75. The molecule has 1 aromatic rings. The summed E-state index contributed by atoms with van der Waals surface area (Å²) in [6.45, 7) is 1.63. The number of aliphatic hydroxyl groups is 1. The molecule has 0 saturated heterocycles. The molecule has 0 atom stereocenters. The number of rotatable bonds is 2. The SMILES string of the molecule is Cc1cc(CO)ccc1C(=O)OO. The lowest BCUT2D eigenvalue weighted by Crippen LogP contribution is -2.04. The second-order valence-electron chi connectivity index (χ2n) is 2.69. The van der Waals surface area contributed by atoms with Gasteiger partial charge in [0.1, 0.15) is 0 Å². The highest BCUT2D eigenvalue weighted by Gasteiger charge is 2.09. The van der Waals surface area contributed by atoms with E-state index in [1.54, 1.807) is 19.1 Å². The van der Waals surface area contributed by atoms with Crippen LogP contribution in [0.1, 0.15) is 21.5 Å². The number of carbonyl (C=O) groups is 1. The van der Waals surface area contributed by atoms with Gasteiger partial charge in [0.15, 0.2) is 0 Å². The average Bonchev–Trinajstić information content (AvgIpc) is 2.16. The summed E-state index contributed by atoms with van der Waals surface area (Å²) in [5.41, 5.74) is 1.66. The van der Waals surface area contributed by atoms with Gasteiger partial charge in [0, 0.05) is 0 Å². The third-order valence-electron chi connectivity index (χ3n) is 1.78. The molecule has 0 aliphatic rings. The van der Waals surface area contributed by atoms with Crippen LogP contribution in [-0.2, 0) is 11.5 Å². The third-order valence-corrected chi connectivity index (χ3v) is 1.78. The van der Waals surface area contributed by atoms with Crippen LogP contribution >= 0.6 is 0 Å². The first kappa shape index (κ1) is 9.70. The van der Waals surface area contributed by atoms with Crippen molar-refractivity contribution in [1.29, 1.82) is 0 Å². The van der Waals surface area contributed by atoms with Crippen LogP contribution in [0, 0.1) is 6.92 Å². The van der Waals surface area contributed by atoms with Crippen LogP contribution in [0.4, 0.5) is 0 Å². The summed E-state index contributed by atoms with van der Waals surface area (Å²) in [5.74, 6) is -0.790. The van der Waals surface area contributed by atoms with Gasteiger partial charge in [0.05, 0.1) is 12.2 Å². The molecule has 2 N–H and O–H groups in total. The molecule has 0 fully saturated rings. The molecule has 0 saturated carbocycles. The first-order valence-corrected chi connectivity index (χ1v) is 3.75. The number of hydrogen-bond donors (Lipinski definition) is 2. The maximum atomic E-state index is 10.9. The number of carbonyl (C=O) groups excluding carboxylic acids is 1. The Kier molecular flexibility index (Phi) is 3.00. The Morgan fingerprint density at radius 2 is 2.23 bits per heavy atom. The lowest BCUT2D eigenvalue weighted by molar-refractivity contribution is -0.182. The number of hydrogen-bond acceptors (Lipinski definition) is 4. The second kappa shape index (κ2) is 4.02. The van der Waals surface area contributed by atoms with Crippen molar-refractivity contribution >= 4 is 5.97 Å². The molecule has 13 heavy (non-hydrogen) atoms. The fourth-order valence-electron chi connectivity index (χ4n) is 1.10. The van der Waals surface area contributed by atoms with Crippen molar-refractivity contribution in [2.24, 2.45) is 0 Å². The summed E-state index contributed by atoms with van der Waals surface area (Å²) in [4.78, 5) is 14.5. The Labute approximate surface area is 75.3 Å². The second-order valence-corrected chi connectivity index (χ2v) is 2.69. The molecule has 0 spiro atoms. The highest BCUT2D eigenvalue weighted by Crippen LogP contribution is 2.11. The maximum absolute atomic E-state index is 10.9. The van der Waals surface area contributed by atoms with Gasteiger partial charge in [-0.2, -0.15) is 5.26 Å². The normalized spacial score (nSPS) is 9.77. The highest BCUT2D eigenvalue weighted by molar-refractivity contribution is 5.90. The van der Waals surface area contributed by atoms with Crippen molar-refractivity contribution in [3.63, 3.8) is 0 Å². The molecule has 0 heterocycles. The van der Waals surface area contributed by atoms with Gasteiger partial charge >= 0.3 is 5.97 Å². The Hall–Kier alpha value is -1.39. The Bertz CT molecular complexity index is 319. The molecule has 1 aromatic carbocycles. The fourth-order valence-corrected chi connectivity index (χ4v) is 1.10. The van der Waals surface area contributed by atoms with Crippen LogP contribution in [-0.4, -0.2) is 16.3 Å². The van der Waals surface area contributed by atoms with Crippen molar-refractivity contribution in [2.75, 3.05) is 0 Å². The van der Waals surface area contributed by atoms with E-state index in [2.05, 4.69) is 4.89 Å². The molecular formula is C9H10O4. The summed E-state index contributed by atoms with van der Waals surface area (Å²) >= 11 is 0. The summed E-state index contributed by atoms with van der Waals surface area (Å²) in [5, 5.41) is 16.9. The minimum Gasteiger partial charge on any atom is -0.392 e. The zero-order chi connectivity index (χ0) is 9.84. The largest absolute Gasteiger partial charge is 0.392 e. The van der Waals surface area contributed by atoms with Crippen molar-refractivity contribution in [3.8, 4) is 0 Å². The van der Waals surface area contributed by atoms with Gasteiger partial charge in [-0.25, -0.2) is 4.79 Å². The predicted molar refractivity (Wildman–Crippen MR) is 45.1 cm³/mol. The molecular weight excluding hydrogens is 172 g/mol. The number of benzene rings is 1. The molecule has 70 valence electrons. The molecule has 0 amide bonds. The summed E-state index contributed by atoms with van der Waals surface area (Å²) in [6.07, 6.45) is 0. The smallest absolute Gasteiger partial charge is 0.373 e. The van der Waals surface area contributed by atoms with E-state index in [0.717, 1.165) is 0 Å². The van der Waals surface area contributed by atoms with Crippen molar-refractivity contribution < 1.29 is 20.0 Å². The summed E-state index contributed by atoms with van der Waals surface area (Å²) in [6, 6.07) is 4.75. The number of aliphatic hydroxyl groups excluding tert-OH is 1. The Balaban J connectivity index is 3.05. The molecule has 0 aliphatic carbocycles. The molecule has 0 aliphatic heterocycles. The average molecular weight is 182 g/mol. The quantitative estimate of drug-likeness (QED) is 0.531. The van der Waals surface area contributed by atoms with Crippen LogP contribution in [0.3, 0.4) is 0 Å². The van der Waals surface area contributed by atoms with Crippen molar-refractivity contribution in [1.82, 2.24) is 0 Å². The van der Waals surface area contributed by atoms with Crippen LogP contribution in [0.2, 0.25) is 0 Å². The molecule has 0 bridgehead atoms. The van der Waals surface area contributed by atoms with E-state index in [-0.39, 0.29) is 6.61 Å². The zero-order valence-electron chi connectivity index (χ0n) is 7.15. The molecule has 4 nitrogen and oxygen atoms in total.